The van der Waals surface area contributed by atoms with Crippen LogP contribution in [0.25, 0.3) is 11.3 Å². The first kappa shape index (κ1) is 17.1. The van der Waals surface area contributed by atoms with Crippen LogP contribution < -0.4 is 9.46 Å². The average Bonchev–Trinajstić information content (AvgIpc) is 3.15. The van der Waals surface area contributed by atoms with E-state index in [9.17, 15) is 12.8 Å². The number of pyridine rings is 1. The Bertz CT molecular complexity index is 955. The first-order valence-electron chi connectivity index (χ1n) is 7.30. The SMILES string of the molecule is COc1ccc(S(=O)(=O)NCc2ccc(-c3ccoc3)nc2)cc1F. The number of rotatable bonds is 6. The van der Waals surface area contributed by atoms with Gasteiger partial charge in [-0.05, 0) is 35.9 Å². The van der Waals surface area contributed by atoms with Gasteiger partial charge >= 0.3 is 0 Å². The Labute approximate surface area is 144 Å². The van der Waals surface area contributed by atoms with E-state index >= 15 is 0 Å². The van der Waals surface area contributed by atoms with Gasteiger partial charge in [-0.15, -0.1) is 0 Å². The van der Waals surface area contributed by atoms with Crippen LogP contribution in [0, 0.1) is 5.82 Å². The fourth-order valence-electron chi connectivity index (χ4n) is 2.19. The summed E-state index contributed by atoms with van der Waals surface area (Å²) in [5, 5.41) is 0. The molecule has 6 nitrogen and oxygen atoms in total. The van der Waals surface area contributed by atoms with Gasteiger partial charge in [0.25, 0.3) is 0 Å². The zero-order valence-corrected chi connectivity index (χ0v) is 14.1. The second-order valence-electron chi connectivity index (χ2n) is 5.18. The summed E-state index contributed by atoms with van der Waals surface area (Å²) in [6.45, 7) is 0.0364. The van der Waals surface area contributed by atoms with Crippen molar-refractivity contribution in [2.24, 2.45) is 0 Å². The van der Waals surface area contributed by atoms with Crippen molar-refractivity contribution in [3.8, 4) is 17.0 Å². The van der Waals surface area contributed by atoms with Gasteiger partial charge in [-0.2, -0.15) is 0 Å². The second kappa shape index (κ2) is 7.04. The Kier molecular flexibility index (Phi) is 4.82. The smallest absolute Gasteiger partial charge is 0.240 e. The van der Waals surface area contributed by atoms with Crippen molar-refractivity contribution in [3.63, 3.8) is 0 Å². The minimum atomic E-state index is -3.85. The molecule has 130 valence electrons. The number of hydrogen-bond donors (Lipinski definition) is 1. The monoisotopic (exact) mass is 362 g/mol. The number of furan rings is 1. The summed E-state index contributed by atoms with van der Waals surface area (Å²) >= 11 is 0. The molecule has 0 bridgehead atoms. The number of halogens is 1. The standard InChI is InChI=1S/C17H15FN2O4S/c1-23-17-5-3-14(8-15(17)18)25(21,22)20-10-12-2-4-16(19-9-12)13-6-7-24-11-13/h2-9,11,20H,10H2,1H3. The first-order valence-corrected chi connectivity index (χ1v) is 8.78. The molecule has 1 aromatic carbocycles. The normalized spacial score (nSPS) is 11.4. The maximum atomic E-state index is 13.7. The van der Waals surface area contributed by atoms with Crippen LogP contribution in [0.15, 0.2) is 64.4 Å². The maximum Gasteiger partial charge on any atom is 0.240 e. The highest BCUT2D eigenvalue weighted by atomic mass is 32.2. The van der Waals surface area contributed by atoms with Crippen molar-refractivity contribution in [2.45, 2.75) is 11.4 Å². The van der Waals surface area contributed by atoms with Gasteiger partial charge in [-0.1, -0.05) is 6.07 Å². The molecule has 8 heteroatoms. The predicted molar refractivity (Wildman–Crippen MR) is 88.9 cm³/mol. The quantitative estimate of drug-likeness (QED) is 0.729. The molecule has 3 rings (SSSR count). The van der Waals surface area contributed by atoms with Crippen LogP contribution in [-0.4, -0.2) is 20.5 Å². The third-order valence-electron chi connectivity index (χ3n) is 3.54. The van der Waals surface area contributed by atoms with Crippen LogP contribution in [-0.2, 0) is 16.6 Å². The van der Waals surface area contributed by atoms with Crippen LogP contribution in [0.4, 0.5) is 4.39 Å². The number of aromatic nitrogens is 1. The Morgan fingerprint density at radius 1 is 1.24 bits per heavy atom. The van der Waals surface area contributed by atoms with Crippen molar-refractivity contribution in [3.05, 3.63) is 66.5 Å². The molecule has 0 atom stereocenters. The highest BCUT2D eigenvalue weighted by molar-refractivity contribution is 7.89. The summed E-state index contributed by atoms with van der Waals surface area (Å²) in [6.07, 6.45) is 4.69. The lowest BCUT2D eigenvalue weighted by molar-refractivity contribution is 0.385. The minimum absolute atomic E-state index is 0.0158. The summed E-state index contributed by atoms with van der Waals surface area (Å²) in [4.78, 5) is 4.09. The van der Waals surface area contributed by atoms with Gasteiger partial charge in [-0.3, -0.25) is 4.98 Å². The fraction of sp³-hybridized carbons (Fsp3) is 0.118. The maximum absolute atomic E-state index is 13.7. The molecule has 0 aliphatic carbocycles. The van der Waals surface area contributed by atoms with Crippen LogP contribution in [0.2, 0.25) is 0 Å². The van der Waals surface area contributed by atoms with Crippen LogP contribution in [0.3, 0.4) is 0 Å². The Morgan fingerprint density at radius 3 is 2.68 bits per heavy atom. The van der Waals surface area contributed by atoms with Gasteiger partial charge in [0, 0.05) is 18.3 Å². The van der Waals surface area contributed by atoms with E-state index in [1.54, 1.807) is 36.9 Å². The van der Waals surface area contributed by atoms with Crippen LogP contribution in [0.1, 0.15) is 5.56 Å². The van der Waals surface area contributed by atoms with Gasteiger partial charge in [0.15, 0.2) is 11.6 Å². The van der Waals surface area contributed by atoms with Gasteiger partial charge in [-0.25, -0.2) is 17.5 Å². The van der Waals surface area contributed by atoms with Gasteiger partial charge in [0.1, 0.15) is 0 Å². The van der Waals surface area contributed by atoms with E-state index in [1.165, 1.54) is 19.2 Å². The average molecular weight is 362 g/mol. The molecule has 0 radical (unpaired) electrons. The van der Waals surface area contributed by atoms with Crippen molar-refractivity contribution < 1.29 is 22.0 Å². The zero-order valence-electron chi connectivity index (χ0n) is 13.3. The first-order chi connectivity index (χ1) is 12.0. The second-order valence-corrected chi connectivity index (χ2v) is 6.95. The number of hydrogen-bond acceptors (Lipinski definition) is 5. The van der Waals surface area contributed by atoms with Crippen LogP contribution in [0.5, 0.6) is 5.75 Å². The largest absolute Gasteiger partial charge is 0.494 e. The molecule has 0 unspecified atom stereocenters. The summed E-state index contributed by atoms with van der Waals surface area (Å²) < 4.78 is 50.4. The molecule has 3 aromatic rings. The lowest BCUT2D eigenvalue weighted by atomic mass is 10.2. The van der Waals surface area contributed by atoms with Crippen LogP contribution >= 0.6 is 0 Å². The van der Waals surface area contributed by atoms with Crippen molar-refractivity contribution in [2.75, 3.05) is 7.11 Å². The molecule has 0 amide bonds. The molecule has 2 aromatic heterocycles. The third kappa shape index (κ3) is 3.86. The number of benzene rings is 1. The van der Waals surface area contributed by atoms with Crippen molar-refractivity contribution in [1.29, 1.82) is 0 Å². The summed E-state index contributed by atoms with van der Waals surface area (Å²) in [5.41, 5.74) is 2.23. The zero-order chi connectivity index (χ0) is 17.9. The van der Waals surface area contributed by atoms with E-state index in [4.69, 9.17) is 9.15 Å². The molecule has 1 N–H and O–H groups in total. The molecule has 0 fully saturated rings. The number of sulfonamides is 1. The van der Waals surface area contributed by atoms with E-state index in [2.05, 4.69) is 9.71 Å². The minimum Gasteiger partial charge on any atom is -0.494 e. The van der Waals surface area contributed by atoms with Crippen molar-refractivity contribution >= 4 is 10.0 Å². The summed E-state index contributed by atoms with van der Waals surface area (Å²) in [5.74, 6) is -0.755. The molecule has 0 saturated heterocycles. The number of ether oxygens (including phenoxy) is 1. The molecule has 25 heavy (non-hydrogen) atoms. The summed E-state index contributed by atoms with van der Waals surface area (Å²) in [6, 6.07) is 8.77. The molecular formula is C17H15FN2O4S. The lowest BCUT2D eigenvalue weighted by Gasteiger charge is -2.08. The molecule has 0 aliphatic rings. The topological polar surface area (TPSA) is 81.4 Å². The van der Waals surface area contributed by atoms with E-state index in [-0.39, 0.29) is 17.2 Å². The number of methoxy groups -OCH3 is 1. The van der Waals surface area contributed by atoms with Gasteiger partial charge in [0.05, 0.1) is 30.2 Å². The Hall–Kier alpha value is -2.71. The Balaban J connectivity index is 1.71. The molecular weight excluding hydrogens is 347 g/mol. The highest BCUT2D eigenvalue weighted by Gasteiger charge is 2.16. The molecule has 0 spiro atoms. The van der Waals surface area contributed by atoms with E-state index < -0.39 is 15.8 Å². The number of nitrogens with one attached hydrogen (secondary N) is 1. The van der Waals surface area contributed by atoms with E-state index in [0.717, 1.165) is 17.3 Å². The van der Waals surface area contributed by atoms with Gasteiger partial charge < -0.3 is 9.15 Å². The fourth-order valence-corrected chi connectivity index (χ4v) is 3.22. The van der Waals surface area contributed by atoms with Crippen molar-refractivity contribution in [1.82, 2.24) is 9.71 Å². The van der Waals surface area contributed by atoms with E-state index in [1.807, 2.05) is 0 Å². The predicted octanol–water partition coefficient (Wildman–Crippen LogP) is 2.97. The van der Waals surface area contributed by atoms with E-state index in [0.29, 0.717) is 5.56 Å². The molecule has 0 aliphatic heterocycles. The Morgan fingerprint density at radius 2 is 2.08 bits per heavy atom. The lowest BCUT2D eigenvalue weighted by Crippen LogP contribution is -2.23. The van der Waals surface area contributed by atoms with Gasteiger partial charge in [0.2, 0.25) is 10.0 Å². The third-order valence-corrected chi connectivity index (χ3v) is 4.94. The molecule has 2 heterocycles. The number of nitrogens with zero attached hydrogens (tertiary/aromatic N) is 1. The molecule has 0 saturated carbocycles. The highest BCUT2D eigenvalue weighted by Crippen LogP contribution is 2.21. The summed E-state index contributed by atoms with van der Waals surface area (Å²) in [7, 11) is -2.54.